The smallest absolute Gasteiger partial charge is 0.141 e. The number of rotatable bonds is 2. The summed E-state index contributed by atoms with van der Waals surface area (Å²) in [5, 5.41) is 12.7. The fraction of sp³-hybridized carbons (Fsp3) is 0.125. The van der Waals surface area contributed by atoms with E-state index in [4.69, 9.17) is 27.6 Å². The van der Waals surface area contributed by atoms with E-state index >= 15 is 0 Å². The molecular formula is C16H12Cl2O2. The van der Waals surface area contributed by atoms with Crippen LogP contribution in [0.25, 0.3) is 11.0 Å². The van der Waals surface area contributed by atoms with Crippen LogP contribution in [0.3, 0.4) is 0 Å². The van der Waals surface area contributed by atoms with Crippen molar-refractivity contribution in [3.8, 4) is 0 Å². The van der Waals surface area contributed by atoms with E-state index in [-0.39, 0.29) is 0 Å². The largest absolute Gasteiger partial charge is 0.458 e. The second-order valence-corrected chi connectivity index (χ2v) is 5.56. The zero-order valence-corrected chi connectivity index (χ0v) is 12.2. The van der Waals surface area contributed by atoms with Gasteiger partial charge in [0.1, 0.15) is 17.4 Å². The van der Waals surface area contributed by atoms with Gasteiger partial charge in [-0.05, 0) is 42.8 Å². The number of hydrogen-bond acceptors (Lipinski definition) is 2. The summed E-state index contributed by atoms with van der Waals surface area (Å²) in [6, 6.07) is 12.5. The van der Waals surface area contributed by atoms with Crippen molar-refractivity contribution in [3.05, 3.63) is 69.4 Å². The molecular weight excluding hydrogens is 295 g/mol. The molecule has 1 unspecified atom stereocenters. The molecule has 4 heteroatoms. The lowest BCUT2D eigenvalue weighted by atomic mass is 10.0. The number of benzene rings is 2. The molecule has 0 aliphatic heterocycles. The second kappa shape index (κ2) is 5.13. The van der Waals surface area contributed by atoms with Gasteiger partial charge in [-0.1, -0.05) is 35.3 Å². The third-order valence-electron chi connectivity index (χ3n) is 3.37. The lowest BCUT2D eigenvalue weighted by Gasteiger charge is -2.09. The molecule has 1 atom stereocenters. The maximum Gasteiger partial charge on any atom is 0.141 e. The summed E-state index contributed by atoms with van der Waals surface area (Å²) >= 11 is 11.9. The van der Waals surface area contributed by atoms with Gasteiger partial charge in [-0.3, -0.25) is 0 Å². The average Bonchev–Trinajstić information content (AvgIpc) is 2.76. The molecule has 0 fully saturated rings. The highest BCUT2D eigenvalue weighted by molar-refractivity contribution is 6.31. The Morgan fingerprint density at radius 1 is 1.00 bits per heavy atom. The molecule has 0 amide bonds. The second-order valence-electron chi connectivity index (χ2n) is 4.69. The van der Waals surface area contributed by atoms with Crippen LogP contribution in [0.4, 0.5) is 0 Å². The fourth-order valence-electron chi connectivity index (χ4n) is 2.27. The molecule has 2 aromatic carbocycles. The van der Waals surface area contributed by atoms with Crippen molar-refractivity contribution in [2.75, 3.05) is 0 Å². The van der Waals surface area contributed by atoms with Crippen molar-refractivity contribution in [1.82, 2.24) is 0 Å². The molecule has 0 saturated carbocycles. The van der Waals surface area contributed by atoms with E-state index in [1.165, 1.54) is 0 Å². The Labute approximate surface area is 126 Å². The van der Waals surface area contributed by atoms with Crippen molar-refractivity contribution in [2.24, 2.45) is 0 Å². The highest BCUT2D eigenvalue weighted by Gasteiger charge is 2.19. The third-order valence-corrected chi connectivity index (χ3v) is 3.86. The van der Waals surface area contributed by atoms with Crippen LogP contribution in [0.1, 0.15) is 23.0 Å². The summed E-state index contributed by atoms with van der Waals surface area (Å²) in [7, 11) is 0. The first kappa shape index (κ1) is 13.5. The van der Waals surface area contributed by atoms with Crippen LogP contribution >= 0.6 is 23.2 Å². The summed E-state index contributed by atoms with van der Waals surface area (Å²) in [6.45, 7) is 1.91. The van der Waals surface area contributed by atoms with Crippen molar-refractivity contribution in [2.45, 2.75) is 13.0 Å². The van der Waals surface area contributed by atoms with Gasteiger partial charge < -0.3 is 9.52 Å². The first-order valence-corrected chi connectivity index (χ1v) is 6.94. The van der Waals surface area contributed by atoms with Gasteiger partial charge in [-0.2, -0.15) is 0 Å². The van der Waals surface area contributed by atoms with E-state index < -0.39 is 6.10 Å². The molecule has 0 bridgehead atoms. The minimum absolute atomic E-state index is 0.532. The predicted molar refractivity (Wildman–Crippen MR) is 81.5 cm³/mol. The van der Waals surface area contributed by atoms with Gasteiger partial charge in [-0.15, -0.1) is 0 Å². The zero-order valence-electron chi connectivity index (χ0n) is 10.7. The number of aliphatic hydroxyl groups excluding tert-OH is 1. The van der Waals surface area contributed by atoms with E-state index in [0.717, 1.165) is 22.1 Å². The van der Waals surface area contributed by atoms with Gasteiger partial charge in [-0.25, -0.2) is 0 Å². The van der Waals surface area contributed by atoms with E-state index in [1.54, 1.807) is 30.3 Å². The van der Waals surface area contributed by atoms with Gasteiger partial charge >= 0.3 is 0 Å². The van der Waals surface area contributed by atoms with Crippen LogP contribution in [0.15, 0.2) is 46.9 Å². The molecule has 1 heterocycles. The number of fused-ring (bicyclic) bond motifs is 1. The van der Waals surface area contributed by atoms with E-state index in [9.17, 15) is 5.11 Å². The molecule has 1 aromatic heterocycles. The fourth-order valence-corrected chi connectivity index (χ4v) is 2.57. The maximum atomic E-state index is 10.5. The summed E-state index contributed by atoms with van der Waals surface area (Å²) in [6.07, 6.45) is -0.821. The van der Waals surface area contributed by atoms with Crippen LogP contribution in [-0.2, 0) is 0 Å². The van der Waals surface area contributed by atoms with Crippen molar-refractivity contribution in [1.29, 1.82) is 0 Å². The molecule has 3 rings (SSSR count). The predicted octanol–water partition coefficient (Wildman–Crippen LogP) is 5.13. The molecule has 102 valence electrons. The topological polar surface area (TPSA) is 33.4 Å². The van der Waals surface area contributed by atoms with Crippen LogP contribution in [-0.4, -0.2) is 5.11 Å². The summed E-state index contributed by atoms with van der Waals surface area (Å²) in [5.74, 6) is 0.532. The number of hydrogen-bond donors (Lipinski definition) is 1. The van der Waals surface area contributed by atoms with Crippen molar-refractivity contribution < 1.29 is 9.52 Å². The molecule has 0 aliphatic carbocycles. The Morgan fingerprint density at radius 3 is 2.35 bits per heavy atom. The number of aryl methyl sites for hydroxylation is 1. The van der Waals surface area contributed by atoms with E-state index in [2.05, 4.69) is 0 Å². The van der Waals surface area contributed by atoms with Crippen LogP contribution in [0.2, 0.25) is 10.0 Å². The Bertz CT molecular complexity index is 760. The van der Waals surface area contributed by atoms with Gasteiger partial charge in [0.25, 0.3) is 0 Å². The minimum Gasteiger partial charge on any atom is -0.458 e. The van der Waals surface area contributed by atoms with E-state index in [0.29, 0.717) is 15.8 Å². The molecule has 20 heavy (non-hydrogen) atoms. The quantitative estimate of drug-likeness (QED) is 0.712. The Balaban J connectivity index is 2.09. The summed E-state index contributed by atoms with van der Waals surface area (Å²) < 4.78 is 5.76. The van der Waals surface area contributed by atoms with Crippen LogP contribution in [0.5, 0.6) is 0 Å². The molecule has 1 N–H and O–H groups in total. The average molecular weight is 307 g/mol. The lowest BCUT2D eigenvalue weighted by Crippen LogP contribution is -1.99. The van der Waals surface area contributed by atoms with Crippen LogP contribution in [0, 0.1) is 6.92 Å². The third kappa shape index (κ3) is 2.31. The van der Waals surface area contributed by atoms with Gasteiger partial charge in [0.05, 0.1) is 0 Å². The molecule has 0 spiro atoms. The minimum atomic E-state index is -0.821. The first-order chi connectivity index (χ1) is 9.56. The maximum absolute atomic E-state index is 10.5. The molecule has 0 radical (unpaired) electrons. The molecule has 3 aromatic rings. The van der Waals surface area contributed by atoms with Gasteiger partial charge in [0, 0.05) is 21.0 Å². The normalized spacial score (nSPS) is 12.8. The summed E-state index contributed by atoms with van der Waals surface area (Å²) in [4.78, 5) is 0. The van der Waals surface area contributed by atoms with Crippen LogP contribution < -0.4 is 0 Å². The van der Waals surface area contributed by atoms with E-state index in [1.807, 2.05) is 19.1 Å². The molecule has 2 nitrogen and oxygen atoms in total. The van der Waals surface area contributed by atoms with Gasteiger partial charge in [0.15, 0.2) is 0 Å². The summed E-state index contributed by atoms with van der Waals surface area (Å²) in [5.41, 5.74) is 2.35. The monoisotopic (exact) mass is 306 g/mol. The zero-order chi connectivity index (χ0) is 14.3. The Hall–Kier alpha value is -1.48. The highest BCUT2D eigenvalue weighted by atomic mass is 35.5. The Morgan fingerprint density at radius 2 is 1.65 bits per heavy atom. The van der Waals surface area contributed by atoms with Crippen molar-refractivity contribution in [3.63, 3.8) is 0 Å². The highest BCUT2D eigenvalue weighted by Crippen LogP contribution is 2.34. The number of halogens is 2. The standard InChI is InChI=1S/C16H12Cl2O2/c1-9-13-8-12(18)6-7-14(13)20-16(9)15(19)10-2-4-11(17)5-3-10/h2-8,15,19H,1H3. The molecule has 0 saturated heterocycles. The van der Waals surface area contributed by atoms with Gasteiger partial charge in [0.2, 0.25) is 0 Å². The molecule has 0 aliphatic rings. The lowest BCUT2D eigenvalue weighted by molar-refractivity contribution is 0.191. The number of furan rings is 1. The Kier molecular flexibility index (Phi) is 3.47. The first-order valence-electron chi connectivity index (χ1n) is 6.18. The number of aliphatic hydroxyl groups is 1. The SMILES string of the molecule is Cc1c(C(O)c2ccc(Cl)cc2)oc2ccc(Cl)cc12. The van der Waals surface area contributed by atoms with Crippen molar-refractivity contribution >= 4 is 34.2 Å².